The van der Waals surface area contributed by atoms with Crippen LogP contribution in [0.4, 0.5) is 4.39 Å². The van der Waals surface area contributed by atoms with Crippen LogP contribution < -0.4 is 5.32 Å². The number of hydrogen-bond donors (Lipinski definition) is 1. The number of hydrogen-bond acceptors (Lipinski definition) is 4. The minimum absolute atomic E-state index is 0.0304. The molecule has 7 nitrogen and oxygen atoms in total. The first-order chi connectivity index (χ1) is 16.9. The van der Waals surface area contributed by atoms with E-state index in [0.717, 1.165) is 11.6 Å². The molecule has 1 aliphatic rings. The number of nitrogens with one attached hydrogen (secondary N) is 1. The highest BCUT2D eigenvalue weighted by Gasteiger charge is 2.32. The van der Waals surface area contributed by atoms with Crippen molar-refractivity contribution in [2.45, 2.75) is 17.4 Å². The van der Waals surface area contributed by atoms with E-state index in [1.807, 2.05) is 36.4 Å². The molecular weight excluding hydrogens is 469 g/mol. The van der Waals surface area contributed by atoms with Crippen molar-refractivity contribution >= 4 is 21.8 Å². The van der Waals surface area contributed by atoms with Crippen LogP contribution in [0.15, 0.2) is 89.8 Å². The minimum Gasteiger partial charge on any atom is -0.345 e. The second-order valence-corrected chi connectivity index (χ2v) is 10.1. The molecule has 1 aliphatic heterocycles. The molecule has 1 atom stereocenters. The maximum absolute atomic E-state index is 14.1. The molecule has 4 rings (SSSR count). The second-order valence-electron chi connectivity index (χ2n) is 8.22. The van der Waals surface area contributed by atoms with Gasteiger partial charge in [-0.25, -0.2) is 12.8 Å². The van der Waals surface area contributed by atoms with Gasteiger partial charge < -0.3 is 10.2 Å². The minimum atomic E-state index is -3.99. The van der Waals surface area contributed by atoms with Gasteiger partial charge in [-0.05, 0) is 29.8 Å². The number of carbonyl (C=O) groups is 2. The largest absolute Gasteiger partial charge is 0.345 e. The number of sulfonamides is 1. The van der Waals surface area contributed by atoms with Gasteiger partial charge in [0.2, 0.25) is 15.9 Å². The normalized spacial score (nSPS) is 15.4. The Morgan fingerprint density at radius 2 is 1.40 bits per heavy atom. The quantitative estimate of drug-likeness (QED) is 0.545. The third-order valence-corrected chi connectivity index (χ3v) is 7.90. The van der Waals surface area contributed by atoms with Gasteiger partial charge in [-0.2, -0.15) is 4.31 Å². The van der Waals surface area contributed by atoms with Crippen LogP contribution in [-0.2, 0) is 14.8 Å². The molecule has 1 N–H and O–H groups in total. The van der Waals surface area contributed by atoms with Crippen LogP contribution in [0.25, 0.3) is 0 Å². The van der Waals surface area contributed by atoms with E-state index in [-0.39, 0.29) is 49.3 Å². The molecule has 0 aromatic heterocycles. The third kappa shape index (κ3) is 5.75. The zero-order valence-corrected chi connectivity index (χ0v) is 19.8. The number of rotatable bonds is 7. The fourth-order valence-electron chi connectivity index (χ4n) is 4.04. The number of nitrogens with zero attached hydrogens (tertiary/aromatic N) is 2. The topological polar surface area (TPSA) is 86.8 Å². The molecule has 3 aromatic carbocycles. The summed E-state index contributed by atoms with van der Waals surface area (Å²) in [7, 11) is -3.99. The summed E-state index contributed by atoms with van der Waals surface area (Å²) in [5.74, 6) is -1.28. The van der Waals surface area contributed by atoms with Crippen molar-refractivity contribution in [3.63, 3.8) is 0 Å². The summed E-state index contributed by atoms with van der Waals surface area (Å²) in [4.78, 5) is 27.1. The number of carbonyl (C=O) groups excluding carboxylic acids is 2. The molecule has 1 heterocycles. The Morgan fingerprint density at radius 3 is 2.03 bits per heavy atom. The number of amides is 2. The standard InChI is InChI=1S/C26H26FN3O4S/c27-22-13-7-8-14-24(22)35(33,34)30-17-15-29(16-18-30)25(31)19-23(20-9-3-1-4-10-20)28-26(32)21-11-5-2-6-12-21/h1-14,23H,15-19H2,(H,28,32)/t23-/m1/s1. The van der Waals surface area contributed by atoms with Gasteiger partial charge in [-0.3, -0.25) is 9.59 Å². The Bertz CT molecular complexity index is 1280. The molecule has 35 heavy (non-hydrogen) atoms. The predicted octanol–water partition coefficient (Wildman–Crippen LogP) is 3.22. The van der Waals surface area contributed by atoms with Crippen molar-refractivity contribution in [1.29, 1.82) is 0 Å². The molecule has 182 valence electrons. The predicted molar refractivity (Wildman–Crippen MR) is 129 cm³/mol. The van der Waals surface area contributed by atoms with Crippen molar-refractivity contribution in [1.82, 2.24) is 14.5 Å². The molecule has 3 aromatic rings. The smallest absolute Gasteiger partial charge is 0.251 e. The highest BCUT2D eigenvalue weighted by molar-refractivity contribution is 7.89. The molecular formula is C26H26FN3O4S. The first kappa shape index (κ1) is 24.6. The fourth-order valence-corrected chi connectivity index (χ4v) is 5.53. The van der Waals surface area contributed by atoms with Crippen LogP contribution >= 0.6 is 0 Å². The molecule has 0 unspecified atom stereocenters. The summed E-state index contributed by atoms with van der Waals surface area (Å²) in [6, 6.07) is 22.7. The third-order valence-electron chi connectivity index (χ3n) is 5.97. The summed E-state index contributed by atoms with van der Waals surface area (Å²) < 4.78 is 40.9. The van der Waals surface area contributed by atoms with Gasteiger partial charge in [0, 0.05) is 31.7 Å². The first-order valence-corrected chi connectivity index (χ1v) is 12.7. The van der Waals surface area contributed by atoms with Crippen LogP contribution in [0, 0.1) is 5.82 Å². The molecule has 0 aliphatic carbocycles. The zero-order chi connectivity index (χ0) is 24.8. The van der Waals surface area contributed by atoms with E-state index >= 15 is 0 Å². The summed E-state index contributed by atoms with van der Waals surface area (Å²) >= 11 is 0. The van der Waals surface area contributed by atoms with Gasteiger partial charge in [0.1, 0.15) is 10.7 Å². The average Bonchev–Trinajstić information content (AvgIpc) is 2.89. The van der Waals surface area contributed by atoms with Crippen molar-refractivity contribution in [2.75, 3.05) is 26.2 Å². The van der Waals surface area contributed by atoms with Crippen LogP contribution in [-0.4, -0.2) is 55.6 Å². The molecule has 0 saturated carbocycles. The van der Waals surface area contributed by atoms with E-state index in [9.17, 15) is 22.4 Å². The number of halogens is 1. The van der Waals surface area contributed by atoms with Crippen LogP contribution in [0.1, 0.15) is 28.4 Å². The van der Waals surface area contributed by atoms with E-state index in [4.69, 9.17) is 0 Å². The first-order valence-electron chi connectivity index (χ1n) is 11.3. The molecule has 0 radical (unpaired) electrons. The lowest BCUT2D eigenvalue weighted by atomic mass is 10.0. The highest BCUT2D eigenvalue weighted by atomic mass is 32.2. The van der Waals surface area contributed by atoms with Crippen molar-refractivity contribution in [3.8, 4) is 0 Å². The number of piperazine rings is 1. The van der Waals surface area contributed by atoms with E-state index in [1.165, 1.54) is 22.5 Å². The van der Waals surface area contributed by atoms with Gasteiger partial charge >= 0.3 is 0 Å². The van der Waals surface area contributed by atoms with E-state index in [0.29, 0.717) is 5.56 Å². The molecule has 1 saturated heterocycles. The molecule has 0 bridgehead atoms. The highest BCUT2D eigenvalue weighted by Crippen LogP contribution is 2.23. The van der Waals surface area contributed by atoms with E-state index in [1.54, 1.807) is 29.2 Å². The summed E-state index contributed by atoms with van der Waals surface area (Å²) in [6.07, 6.45) is 0.0304. The lowest BCUT2D eigenvalue weighted by Gasteiger charge is -2.35. The summed E-state index contributed by atoms with van der Waals surface area (Å²) in [5, 5.41) is 2.95. The van der Waals surface area contributed by atoms with Crippen molar-refractivity contribution < 1.29 is 22.4 Å². The SMILES string of the molecule is O=C(N[C@H](CC(=O)N1CCN(S(=O)(=O)c2ccccc2F)CC1)c1ccccc1)c1ccccc1. The van der Waals surface area contributed by atoms with E-state index in [2.05, 4.69) is 5.32 Å². The van der Waals surface area contributed by atoms with Crippen LogP contribution in [0.3, 0.4) is 0 Å². The maximum Gasteiger partial charge on any atom is 0.251 e. The molecule has 0 spiro atoms. The Labute approximate surface area is 204 Å². The van der Waals surface area contributed by atoms with Gasteiger partial charge in [-0.15, -0.1) is 0 Å². The lowest BCUT2D eigenvalue weighted by molar-refractivity contribution is -0.132. The van der Waals surface area contributed by atoms with Gasteiger partial charge in [0.25, 0.3) is 5.91 Å². The number of benzene rings is 3. The Hall–Kier alpha value is -3.56. The summed E-state index contributed by atoms with van der Waals surface area (Å²) in [5.41, 5.74) is 1.29. The monoisotopic (exact) mass is 495 g/mol. The van der Waals surface area contributed by atoms with Crippen molar-refractivity contribution in [2.24, 2.45) is 0 Å². The molecule has 9 heteroatoms. The van der Waals surface area contributed by atoms with E-state index < -0.39 is 21.9 Å². The average molecular weight is 496 g/mol. The Balaban J connectivity index is 1.42. The van der Waals surface area contributed by atoms with Gasteiger partial charge in [0.15, 0.2) is 0 Å². The molecule has 1 fully saturated rings. The lowest BCUT2D eigenvalue weighted by Crippen LogP contribution is -2.51. The van der Waals surface area contributed by atoms with Crippen LogP contribution in [0.5, 0.6) is 0 Å². The van der Waals surface area contributed by atoms with Gasteiger partial charge in [0.05, 0.1) is 12.5 Å². The Kier molecular flexibility index (Phi) is 7.57. The fraction of sp³-hybridized carbons (Fsp3) is 0.231. The zero-order valence-electron chi connectivity index (χ0n) is 19.0. The van der Waals surface area contributed by atoms with Gasteiger partial charge in [-0.1, -0.05) is 60.7 Å². The van der Waals surface area contributed by atoms with Crippen LogP contribution in [0.2, 0.25) is 0 Å². The Morgan fingerprint density at radius 1 is 0.829 bits per heavy atom. The maximum atomic E-state index is 14.1. The molecule has 2 amide bonds. The van der Waals surface area contributed by atoms with Crippen molar-refractivity contribution in [3.05, 3.63) is 102 Å². The second kappa shape index (κ2) is 10.8. The summed E-state index contributed by atoms with van der Waals surface area (Å²) in [6.45, 7) is 0.491.